The molecule has 1 aromatic carbocycles. The number of benzene rings is 1. The van der Waals surface area contributed by atoms with Crippen LogP contribution in [0.4, 0.5) is 0 Å². The number of alkyl halides is 1. The van der Waals surface area contributed by atoms with Gasteiger partial charge in [-0.15, -0.1) is 11.6 Å². The predicted molar refractivity (Wildman–Crippen MR) is 104 cm³/mol. The molecule has 0 fully saturated rings. The van der Waals surface area contributed by atoms with Crippen molar-refractivity contribution in [2.45, 2.75) is 44.4 Å². The summed E-state index contributed by atoms with van der Waals surface area (Å²) in [7, 11) is 0. The van der Waals surface area contributed by atoms with Gasteiger partial charge in [0.15, 0.2) is 5.11 Å². The number of hydrogen-bond acceptors (Lipinski definition) is 2. The van der Waals surface area contributed by atoms with Crippen molar-refractivity contribution in [2.75, 3.05) is 6.54 Å². The molecule has 1 atom stereocenters. The Morgan fingerprint density at radius 1 is 1.26 bits per heavy atom. The Morgan fingerprint density at radius 3 is 2.61 bits per heavy atom. The SMILES string of the molecule is CCCCCC(=O)NNC(=S)NC[C@@H](Cl)Cc1ccc(Br)cc1. The van der Waals surface area contributed by atoms with E-state index in [-0.39, 0.29) is 11.3 Å². The van der Waals surface area contributed by atoms with Crippen LogP contribution in [0.2, 0.25) is 0 Å². The first-order valence-electron chi connectivity index (χ1n) is 7.72. The maximum atomic E-state index is 11.5. The van der Waals surface area contributed by atoms with E-state index in [1.165, 1.54) is 0 Å². The zero-order chi connectivity index (χ0) is 17.1. The number of carbonyl (C=O) groups is 1. The van der Waals surface area contributed by atoms with E-state index in [1.54, 1.807) is 0 Å². The minimum Gasteiger partial charge on any atom is -0.360 e. The van der Waals surface area contributed by atoms with E-state index >= 15 is 0 Å². The third kappa shape index (κ3) is 9.79. The number of nitrogens with one attached hydrogen (secondary N) is 3. The summed E-state index contributed by atoms with van der Waals surface area (Å²) in [6, 6.07) is 8.05. The first-order chi connectivity index (χ1) is 11.0. The molecule has 0 saturated heterocycles. The van der Waals surface area contributed by atoms with Crippen LogP contribution >= 0.6 is 39.7 Å². The molecule has 128 valence electrons. The van der Waals surface area contributed by atoms with Gasteiger partial charge in [-0.1, -0.05) is 47.8 Å². The molecule has 0 bridgehead atoms. The first kappa shape index (κ1) is 20.2. The molecule has 3 N–H and O–H groups in total. The van der Waals surface area contributed by atoms with Gasteiger partial charge in [-0.05, 0) is 42.8 Å². The van der Waals surface area contributed by atoms with Crippen LogP contribution in [-0.2, 0) is 11.2 Å². The van der Waals surface area contributed by atoms with Gasteiger partial charge in [0.2, 0.25) is 5.91 Å². The van der Waals surface area contributed by atoms with Crippen molar-refractivity contribution in [3.8, 4) is 0 Å². The first-order valence-corrected chi connectivity index (χ1v) is 9.36. The standard InChI is InChI=1S/C16H23BrClN3OS/c1-2-3-4-5-15(22)20-21-16(23)19-11-14(18)10-12-6-8-13(17)9-7-12/h6-9,14H,2-5,10-11H2,1H3,(H,20,22)(H2,19,21,23)/t14-/m0/s1. The van der Waals surface area contributed by atoms with Crippen molar-refractivity contribution in [2.24, 2.45) is 0 Å². The van der Waals surface area contributed by atoms with Crippen LogP contribution in [0, 0.1) is 0 Å². The van der Waals surface area contributed by atoms with E-state index in [2.05, 4.69) is 39.0 Å². The van der Waals surface area contributed by atoms with Gasteiger partial charge in [-0.3, -0.25) is 15.6 Å². The van der Waals surface area contributed by atoms with Crippen molar-refractivity contribution in [3.05, 3.63) is 34.3 Å². The Hall–Kier alpha value is -0.850. The molecular formula is C16H23BrClN3OS. The van der Waals surface area contributed by atoms with Gasteiger partial charge < -0.3 is 5.32 Å². The number of carbonyl (C=O) groups excluding carboxylic acids is 1. The number of unbranched alkanes of at least 4 members (excludes halogenated alkanes) is 2. The highest BCUT2D eigenvalue weighted by Gasteiger charge is 2.07. The van der Waals surface area contributed by atoms with Crippen molar-refractivity contribution in [1.82, 2.24) is 16.2 Å². The molecule has 1 aromatic rings. The molecule has 0 unspecified atom stereocenters. The van der Waals surface area contributed by atoms with Crippen LogP contribution in [0.25, 0.3) is 0 Å². The maximum Gasteiger partial charge on any atom is 0.238 e. The Balaban J connectivity index is 2.17. The Kier molecular flexibility index (Phi) is 10.2. The summed E-state index contributed by atoms with van der Waals surface area (Å²) in [4.78, 5) is 11.5. The highest BCUT2D eigenvalue weighted by Crippen LogP contribution is 2.13. The van der Waals surface area contributed by atoms with Gasteiger partial charge >= 0.3 is 0 Å². The summed E-state index contributed by atoms with van der Waals surface area (Å²) in [6.07, 6.45) is 4.29. The third-order valence-corrected chi connectivity index (χ3v) is 4.26. The Morgan fingerprint density at radius 2 is 1.96 bits per heavy atom. The molecule has 0 spiro atoms. The number of rotatable bonds is 8. The number of hydrogen-bond donors (Lipinski definition) is 3. The van der Waals surface area contributed by atoms with Gasteiger partial charge in [0.25, 0.3) is 0 Å². The summed E-state index contributed by atoms with van der Waals surface area (Å²) >= 11 is 14.8. The fourth-order valence-corrected chi connectivity index (χ4v) is 2.57. The zero-order valence-electron chi connectivity index (χ0n) is 13.2. The van der Waals surface area contributed by atoms with Crippen LogP contribution in [0.3, 0.4) is 0 Å². The van der Waals surface area contributed by atoms with Gasteiger partial charge in [0.1, 0.15) is 0 Å². The summed E-state index contributed by atoms with van der Waals surface area (Å²) in [5.74, 6) is -0.0557. The second-order valence-corrected chi connectivity index (χ2v) is 7.21. The Bertz CT molecular complexity index is 499. The molecule has 4 nitrogen and oxygen atoms in total. The summed E-state index contributed by atoms with van der Waals surface area (Å²) in [5, 5.41) is 3.28. The summed E-state index contributed by atoms with van der Waals surface area (Å²) < 4.78 is 1.05. The lowest BCUT2D eigenvalue weighted by Crippen LogP contribution is -2.48. The van der Waals surface area contributed by atoms with Crippen LogP contribution in [0.1, 0.15) is 38.2 Å². The van der Waals surface area contributed by atoms with Gasteiger partial charge in [0.05, 0.1) is 5.38 Å². The number of thiocarbonyl (C=S) groups is 1. The maximum absolute atomic E-state index is 11.5. The molecule has 0 aliphatic heterocycles. The quantitative estimate of drug-likeness (QED) is 0.260. The van der Waals surface area contributed by atoms with E-state index < -0.39 is 0 Å². The average Bonchev–Trinajstić information content (AvgIpc) is 2.53. The molecule has 1 rings (SSSR count). The zero-order valence-corrected chi connectivity index (χ0v) is 16.4. The van der Waals surface area contributed by atoms with E-state index in [0.717, 1.165) is 35.7 Å². The van der Waals surface area contributed by atoms with Crippen molar-refractivity contribution < 1.29 is 4.79 Å². The lowest BCUT2D eigenvalue weighted by Gasteiger charge is -2.14. The molecule has 0 aromatic heterocycles. The van der Waals surface area contributed by atoms with Crippen LogP contribution in [0.15, 0.2) is 28.7 Å². The largest absolute Gasteiger partial charge is 0.360 e. The fourth-order valence-electron chi connectivity index (χ4n) is 1.92. The van der Waals surface area contributed by atoms with Crippen LogP contribution in [-0.4, -0.2) is 22.9 Å². The minimum absolute atomic E-state index is 0.0557. The molecule has 7 heteroatoms. The second-order valence-electron chi connectivity index (χ2n) is 5.27. The minimum atomic E-state index is -0.0869. The average molecular weight is 421 g/mol. The number of amides is 1. The van der Waals surface area contributed by atoms with Crippen LogP contribution in [0.5, 0.6) is 0 Å². The molecule has 23 heavy (non-hydrogen) atoms. The van der Waals surface area contributed by atoms with E-state index in [9.17, 15) is 4.79 Å². The summed E-state index contributed by atoms with van der Waals surface area (Å²) in [5.41, 5.74) is 6.44. The molecule has 0 aliphatic carbocycles. The molecular weight excluding hydrogens is 398 g/mol. The summed E-state index contributed by atoms with van der Waals surface area (Å²) in [6.45, 7) is 2.63. The van der Waals surface area contributed by atoms with Crippen molar-refractivity contribution in [1.29, 1.82) is 0 Å². The highest BCUT2D eigenvalue weighted by molar-refractivity contribution is 9.10. The predicted octanol–water partition coefficient (Wildman–Crippen LogP) is 3.67. The smallest absolute Gasteiger partial charge is 0.238 e. The molecule has 0 heterocycles. The topological polar surface area (TPSA) is 53.2 Å². The molecule has 0 radical (unpaired) electrons. The third-order valence-electron chi connectivity index (χ3n) is 3.18. The van der Waals surface area contributed by atoms with Crippen molar-refractivity contribution in [3.63, 3.8) is 0 Å². The normalized spacial score (nSPS) is 11.6. The van der Waals surface area contributed by atoms with Crippen LogP contribution < -0.4 is 16.2 Å². The number of hydrazine groups is 1. The van der Waals surface area contributed by atoms with E-state index in [0.29, 0.717) is 18.1 Å². The van der Waals surface area contributed by atoms with Gasteiger partial charge in [-0.25, -0.2) is 0 Å². The lowest BCUT2D eigenvalue weighted by atomic mass is 10.1. The Labute approximate surface area is 156 Å². The lowest BCUT2D eigenvalue weighted by molar-refractivity contribution is -0.121. The second kappa shape index (κ2) is 11.6. The van der Waals surface area contributed by atoms with E-state index in [1.807, 2.05) is 24.3 Å². The van der Waals surface area contributed by atoms with Gasteiger partial charge in [0, 0.05) is 17.4 Å². The van der Waals surface area contributed by atoms with E-state index in [4.69, 9.17) is 23.8 Å². The highest BCUT2D eigenvalue weighted by atomic mass is 79.9. The van der Waals surface area contributed by atoms with Gasteiger partial charge in [-0.2, -0.15) is 0 Å². The number of halogens is 2. The fraction of sp³-hybridized carbons (Fsp3) is 0.500. The molecule has 1 amide bonds. The monoisotopic (exact) mass is 419 g/mol. The molecule has 0 saturated carbocycles. The van der Waals surface area contributed by atoms with Crippen molar-refractivity contribution >= 4 is 50.8 Å². The molecule has 0 aliphatic rings.